The summed E-state index contributed by atoms with van der Waals surface area (Å²) in [5, 5.41) is 11.5. The molecule has 23 heavy (non-hydrogen) atoms. The first kappa shape index (κ1) is 19.1. The highest BCUT2D eigenvalue weighted by Crippen LogP contribution is 2.22. The minimum Gasteiger partial charge on any atom is -0.382 e. The zero-order valence-electron chi connectivity index (χ0n) is 13.6. The van der Waals surface area contributed by atoms with Crippen LogP contribution in [0.1, 0.15) is 13.8 Å². The third kappa shape index (κ3) is 5.63. The van der Waals surface area contributed by atoms with Gasteiger partial charge in [0.2, 0.25) is 0 Å². The molecule has 2 N–H and O–H groups in total. The number of alkyl halides is 3. The van der Waals surface area contributed by atoms with Crippen LogP contribution in [-0.4, -0.2) is 55.0 Å². The van der Waals surface area contributed by atoms with Gasteiger partial charge in [0, 0.05) is 31.5 Å². The molecule has 0 unspecified atom stereocenters. The molecule has 1 aromatic rings. The highest BCUT2D eigenvalue weighted by atomic mass is 19.4. The fourth-order valence-corrected chi connectivity index (χ4v) is 1.77. The second-order valence-corrected chi connectivity index (χ2v) is 5.62. The third-order valence-corrected chi connectivity index (χ3v) is 3.45. The lowest BCUT2D eigenvalue weighted by Gasteiger charge is -2.25. The van der Waals surface area contributed by atoms with E-state index in [-0.39, 0.29) is 6.04 Å². The SMILES string of the molecule is CC(C)N(C)c1cccc(NC(=O)N(C)C[C@@H](O)C(F)(F)F)c1. The van der Waals surface area contributed by atoms with Gasteiger partial charge in [0.05, 0.1) is 6.54 Å². The molecule has 0 aliphatic carbocycles. The molecule has 0 aromatic heterocycles. The molecule has 0 bridgehead atoms. The summed E-state index contributed by atoms with van der Waals surface area (Å²) >= 11 is 0. The average molecular weight is 333 g/mol. The Morgan fingerprint density at radius 3 is 2.43 bits per heavy atom. The number of anilines is 2. The molecule has 2 amide bonds. The van der Waals surface area contributed by atoms with Crippen molar-refractivity contribution in [1.82, 2.24) is 4.90 Å². The molecule has 0 heterocycles. The second-order valence-electron chi connectivity index (χ2n) is 5.62. The molecule has 5 nitrogen and oxygen atoms in total. The van der Waals surface area contributed by atoms with Crippen LogP contribution in [0, 0.1) is 0 Å². The lowest BCUT2D eigenvalue weighted by molar-refractivity contribution is -0.205. The van der Waals surface area contributed by atoms with Crippen molar-refractivity contribution in [3.8, 4) is 0 Å². The van der Waals surface area contributed by atoms with Crippen molar-refractivity contribution in [3.63, 3.8) is 0 Å². The Balaban J connectivity index is 2.72. The summed E-state index contributed by atoms with van der Waals surface area (Å²) in [6.45, 7) is 3.19. The zero-order chi connectivity index (χ0) is 17.8. The molecule has 1 rings (SSSR count). The van der Waals surface area contributed by atoms with E-state index in [1.807, 2.05) is 31.9 Å². The van der Waals surface area contributed by atoms with Crippen LogP contribution in [0.3, 0.4) is 0 Å². The maximum absolute atomic E-state index is 12.3. The number of carbonyl (C=O) groups is 1. The molecule has 0 aliphatic heterocycles. The van der Waals surface area contributed by atoms with E-state index >= 15 is 0 Å². The highest BCUT2D eigenvalue weighted by molar-refractivity contribution is 5.89. The van der Waals surface area contributed by atoms with Crippen molar-refractivity contribution in [2.75, 3.05) is 30.9 Å². The number of amides is 2. The Hall–Kier alpha value is -1.96. The molecule has 0 saturated carbocycles. The van der Waals surface area contributed by atoms with E-state index in [0.717, 1.165) is 10.6 Å². The molecule has 0 fully saturated rings. The van der Waals surface area contributed by atoms with Gasteiger partial charge in [-0.2, -0.15) is 13.2 Å². The second kappa shape index (κ2) is 7.54. The molecule has 130 valence electrons. The predicted octanol–water partition coefficient (Wildman–Crippen LogP) is 2.92. The number of nitrogens with zero attached hydrogens (tertiary/aromatic N) is 2. The summed E-state index contributed by atoms with van der Waals surface area (Å²) in [5.74, 6) is 0. The van der Waals surface area contributed by atoms with E-state index in [9.17, 15) is 18.0 Å². The van der Waals surface area contributed by atoms with Crippen LogP contribution in [0.5, 0.6) is 0 Å². The van der Waals surface area contributed by atoms with E-state index in [1.165, 1.54) is 7.05 Å². The van der Waals surface area contributed by atoms with Crippen LogP contribution < -0.4 is 10.2 Å². The number of aliphatic hydroxyl groups is 1. The number of rotatable bonds is 5. The lowest BCUT2D eigenvalue weighted by Crippen LogP contribution is -2.43. The van der Waals surface area contributed by atoms with E-state index in [0.29, 0.717) is 5.69 Å². The fraction of sp³-hybridized carbons (Fsp3) is 0.533. The number of aliphatic hydroxyl groups excluding tert-OH is 1. The quantitative estimate of drug-likeness (QED) is 0.871. The maximum atomic E-state index is 12.3. The number of halogens is 3. The fourth-order valence-electron chi connectivity index (χ4n) is 1.77. The molecule has 1 aromatic carbocycles. The number of likely N-dealkylation sites (N-methyl/N-ethyl adjacent to an activating group) is 1. The van der Waals surface area contributed by atoms with Gasteiger partial charge in [-0.05, 0) is 32.0 Å². The van der Waals surface area contributed by atoms with Gasteiger partial charge in [0.25, 0.3) is 0 Å². The highest BCUT2D eigenvalue weighted by Gasteiger charge is 2.39. The van der Waals surface area contributed by atoms with Gasteiger partial charge >= 0.3 is 12.2 Å². The zero-order valence-corrected chi connectivity index (χ0v) is 13.6. The lowest BCUT2D eigenvalue weighted by atomic mass is 10.2. The molecular formula is C15H22F3N3O2. The smallest absolute Gasteiger partial charge is 0.382 e. The number of urea groups is 1. The molecule has 0 aliphatic rings. The number of hydrogen-bond acceptors (Lipinski definition) is 3. The Kier molecular flexibility index (Phi) is 6.26. The minimum atomic E-state index is -4.76. The van der Waals surface area contributed by atoms with Gasteiger partial charge in [-0.1, -0.05) is 6.07 Å². The minimum absolute atomic E-state index is 0.255. The molecule has 8 heteroatoms. The van der Waals surface area contributed by atoms with Gasteiger partial charge in [-0.25, -0.2) is 4.79 Å². The summed E-state index contributed by atoms with van der Waals surface area (Å²) in [6.07, 6.45) is -7.33. The molecule has 0 spiro atoms. The largest absolute Gasteiger partial charge is 0.416 e. The van der Waals surface area contributed by atoms with Crippen LogP contribution in [0.2, 0.25) is 0 Å². The average Bonchev–Trinajstić information content (AvgIpc) is 2.45. The first-order valence-corrected chi connectivity index (χ1v) is 7.12. The van der Waals surface area contributed by atoms with E-state index < -0.39 is 24.9 Å². The molecule has 0 radical (unpaired) electrons. The van der Waals surface area contributed by atoms with Crippen molar-refractivity contribution in [2.24, 2.45) is 0 Å². The molecule has 1 atom stereocenters. The monoisotopic (exact) mass is 333 g/mol. The summed E-state index contributed by atoms with van der Waals surface area (Å²) in [7, 11) is 3.09. The Morgan fingerprint density at radius 1 is 1.30 bits per heavy atom. The van der Waals surface area contributed by atoms with Crippen molar-refractivity contribution in [1.29, 1.82) is 0 Å². The van der Waals surface area contributed by atoms with Crippen molar-refractivity contribution < 1.29 is 23.1 Å². The van der Waals surface area contributed by atoms with Gasteiger partial charge in [-0.3, -0.25) is 0 Å². The van der Waals surface area contributed by atoms with Gasteiger partial charge in [0.15, 0.2) is 6.10 Å². The van der Waals surface area contributed by atoms with Crippen LogP contribution in [-0.2, 0) is 0 Å². The van der Waals surface area contributed by atoms with Crippen LogP contribution >= 0.6 is 0 Å². The third-order valence-electron chi connectivity index (χ3n) is 3.45. The maximum Gasteiger partial charge on any atom is 0.416 e. The Morgan fingerprint density at radius 2 is 1.91 bits per heavy atom. The number of nitrogens with one attached hydrogen (secondary N) is 1. The number of carbonyl (C=O) groups excluding carboxylic acids is 1. The van der Waals surface area contributed by atoms with E-state index in [1.54, 1.807) is 18.2 Å². The van der Waals surface area contributed by atoms with Gasteiger partial charge in [-0.15, -0.1) is 0 Å². The van der Waals surface area contributed by atoms with Crippen LogP contribution in [0.4, 0.5) is 29.3 Å². The van der Waals surface area contributed by atoms with Crippen molar-refractivity contribution in [3.05, 3.63) is 24.3 Å². The van der Waals surface area contributed by atoms with Gasteiger partial charge in [0.1, 0.15) is 0 Å². The summed E-state index contributed by atoms with van der Waals surface area (Å²) in [4.78, 5) is 14.7. The van der Waals surface area contributed by atoms with Crippen LogP contribution in [0.25, 0.3) is 0 Å². The van der Waals surface area contributed by atoms with Crippen LogP contribution in [0.15, 0.2) is 24.3 Å². The normalized spacial score (nSPS) is 12.9. The van der Waals surface area contributed by atoms with Crippen molar-refractivity contribution >= 4 is 17.4 Å². The molecular weight excluding hydrogens is 311 g/mol. The first-order chi connectivity index (χ1) is 10.5. The first-order valence-electron chi connectivity index (χ1n) is 7.12. The Labute approximate surface area is 133 Å². The Bertz CT molecular complexity index is 535. The number of benzene rings is 1. The van der Waals surface area contributed by atoms with E-state index in [2.05, 4.69) is 5.32 Å². The van der Waals surface area contributed by atoms with Crippen molar-refractivity contribution in [2.45, 2.75) is 32.2 Å². The summed E-state index contributed by atoms with van der Waals surface area (Å²) in [6, 6.07) is 6.51. The summed E-state index contributed by atoms with van der Waals surface area (Å²) < 4.78 is 36.9. The topological polar surface area (TPSA) is 55.8 Å². The standard InChI is InChI=1S/C15H22F3N3O2/c1-10(2)21(4)12-7-5-6-11(8-12)19-14(23)20(3)9-13(22)15(16,17)18/h5-8,10,13,22H,9H2,1-4H3,(H,19,23)/t13-/m1/s1. The van der Waals surface area contributed by atoms with E-state index in [4.69, 9.17) is 5.11 Å². The number of hydrogen-bond donors (Lipinski definition) is 2. The summed E-state index contributed by atoms with van der Waals surface area (Å²) in [5.41, 5.74) is 1.34. The van der Waals surface area contributed by atoms with Gasteiger partial charge < -0.3 is 20.2 Å². The molecule has 0 saturated heterocycles. The predicted molar refractivity (Wildman–Crippen MR) is 83.7 cm³/mol.